The summed E-state index contributed by atoms with van der Waals surface area (Å²) in [5.41, 5.74) is 6.79. The minimum absolute atomic E-state index is 0.144. The number of hydrogen-bond acceptors (Lipinski definition) is 7. The molecular formula is C20H24N6O3S2. The molecule has 0 aliphatic rings. The molecule has 0 spiro atoms. The lowest BCUT2D eigenvalue weighted by atomic mass is 10.1. The highest BCUT2D eigenvalue weighted by molar-refractivity contribution is 8.00. The van der Waals surface area contributed by atoms with Gasteiger partial charge in [-0.3, -0.25) is 4.79 Å². The molecule has 1 atom stereocenters. The molecule has 9 nitrogen and oxygen atoms in total. The Bertz CT molecular complexity index is 1160. The van der Waals surface area contributed by atoms with E-state index >= 15 is 0 Å². The zero-order valence-corrected chi connectivity index (χ0v) is 18.8. The number of nitrogens with two attached hydrogens (primary N) is 2. The summed E-state index contributed by atoms with van der Waals surface area (Å²) in [6, 6.07) is 15.4. The third-order valence-corrected chi connectivity index (χ3v) is 7.96. The molecule has 1 aromatic heterocycles. The maximum Gasteiger partial charge on any atom is 0.243 e. The van der Waals surface area contributed by atoms with E-state index in [4.69, 9.17) is 11.6 Å². The predicted molar refractivity (Wildman–Crippen MR) is 120 cm³/mol. The number of carbonyl (C=O) groups excluding carboxylic acids is 1. The zero-order valence-electron chi connectivity index (χ0n) is 17.2. The van der Waals surface area contributed by atoms with Crippen LogP contribution >= 0.6 is 11.8 Å². The average molecular weight is 461 g/mol. The van der Waals surface area contributed by atoms with Crippen molar-refractivity contribution in [2.45, 2.75) is 29.1 Å². The van der Waals surface area contributed by atoms with Gasteiger partial charge in [-0.25, -0.2) is 13.1 Å². The molecule has 3 rings (SSSR count). The maximum atomic E-state index is 12.8. The fourth-order valence-electron chi connectivity index (χ4n) is 3.09. The molecule has 11 heteroatoms. The van der Waals surface area contributed by atoms with Crippen molar-refractivity contribution in [2.24, 2.45) is 5.73 Å². The van der Waals surface area contributed by atoms with Crippen LogP contribution < -0.4 is 11.6 Å². The summed E-state index contributed by atoms with van der Waals surface area (Å²) >= 11 is 1.08. The monoisotopic (exact) mass is 460 g/mol. The molecule has 0 saturated heterocycles. The number of thioether (sulfide) groups is 1. The number of hydrogen-bond donors (Lipinski definition) is 2. The highest BCUT2D eigenvalue weighted by atomic mass is 32.2. The van der Waals surface area contributed by atoms with Crippen LogP contribution in [0.3, 0.4) is 0 Å². The molecule has 31 heavy (non-hydrogen) atoms. The van der Waals surface area contributed by atoms with E-state index in [2.05, 4.69) is 10.2 Å². The van der Waals surface area contributed by atoms with Gasteiger partial charge in [-0.05, 0) is 17.7 Å². The quantitative estimate of drug-likeness (QED) is 0.368. The second kappa shape index (κ2) is 9.50. The number of amides is 1. The van der Waals surface area contributed by atoms with E-state index in [1.54, 1.807) is 38.1 Å². The van der Waals surface area contributed by atoms with Gasteiger partial charge in [0.05, 0.1) is 4.90 Å². The molecule has 0 bridgehead atoms. The highest BCUT2D eigenvalue weighted by Gasteiger charge is 2.25. The Morgan fingerprint density at radius 2 is 1.77 bits per heavy atom. The van der Waals surface area contributed by atoms with Gasteiger partial charge in [0.25, 0.3) is 0 Å². The largest absolute Gasteiger partial charge is 0.368 e. The number of nitrogens with zero attached hydrogens (tertiary/aromatic N) is 4. The van der Waals surface area contributed by atoms with Crippen molar-refractivity contribution in [3.05, 3.63) is 60.2 Å². The first-order valence-corrected chi connectivity index (χ1v) is 11.9. The topological polar surface area (TPSA) is 137 Å². The summed E-state index contributed by atoms with van der Waals surface area (Å²) in [6.07, 6.45) is 0. The lowest BCUT2D eigenvalue weighted by Gasteiger charge is -2.18. The van der Waals surface area contributed by atoms with Crippen molar-refractivity contribution in [3.63, 3.8) is 0 Å². The molecule has 4 N–H and O–H groups in total. The Labute approximate surface area is 185 Å². The molecule has 0 aliphatic carbocycles. The molecule has 0 fully saturated rings. The standard InChI is InChI=1S/C20H24N6O3S2/c1-3-25(4-2)31(28,29)16-12-8-11-15(13-16)19-23-24-20(26(19)22)30-17(18(21)27)14-9-6-5-7-10-14/h5-13,17H,3-4,22H2,1-2H3,(H2,21,27). The van der Waals surface area contributed by atoms with Gasteiger partial charge in [-0.15, -0.1) is 10.2 Å². The van der Waals surface area contributed by atoms with Crippen molar-refractivity contribution in [1.29, 1.82) is 0 Å². The van der Waals surface area contributed by atoms with Gasteiger partial charge in [0.15, 0.2) is 5.82 Å². The van der Waals surface area contributed by atoms with Gasteiger partial charge in [0.1, 0.15) is 5.25 Å². The average Bonchev–Trinajstić information content (AvgIpc) is 3.13. The molecular weight excluding hydrogens is 436 g/mol. The predicted octanol–water partition coefficient (Wildman–Crippen LogP) is 2.01. The number of nitrogen functional groups attached to an aromatic ring is 1. The smallest absolute Gasteiger partial charge is 0.243 e. The molecule has 1 heterocycles. The first kappa shape index (κ1) is 22.8. The van der Waals surface area contributed by atoms with Gasteiger partial charge < -0.3 is 11.6 Å². The zero-order chi connectivity index (χ0) is 22.6. The third-order valence-electron chi connectivity index (χ3n) is 4.68. The second-order valence-electron chi connectivity index (χ2n) is 6.60. The van der Waals surface area contributed by atoms with E-state index in [0.29, 0.717) is 18.7 Å². The van der Waals surface area contributed by atoms with Crippen LogP contribution in [0.5, 0.6) is 0 Å². The Morgan fingerprint density at radius 3 is 2.39 bits per heavy atom. The normalized spacial score (nSPS) is 12.7. The Balaban J connectivity index is 1.94. The van der Waals surface area contributed by atoms with Crippen LogP contribution in [0.25, 0.3) is 11.4 Å². The van der Waals surface area contributed by atoms with Gasteiger partial charge >= 0.3 is 0 Å². The summed E-state index contributed by atoms with van der Waals surface area (Å²) < 4.78 is 28.3. The Hall–Kier alpha value is -2.89. The maximum absolute atomic E-state index is 12.8. The summed E-state index contributed by atoms with van der Waals surface area (Å²) in [5.74, 6) is 5.93. The first-order valence-electron chi connectivity index (χ1n) is 9.61. The van der Waals surface area contributed by atoms with Crippen LogP contribution in [-0.2, 0) is 14.8 Å². The molecule has 0 aliphatic heterocycles. The van der Waals surface area contributed by atoms with Crippen LogP contribution in [0.1, 0.15) is 24.7 Å². The second-order valence-corrected chi connectivity index (χ2v) is 9.61. The number of benzene rings is 2. The molecule has 3 aromatic rings. The highest BCUT2D eigenvalue weighted by Crippen LogP contribution is 2.35. The van der Waals surface area contributed by atoms with E-state index < -0.39 is 21.2 Å². The van der Waals surface area contributed by atoms with E-state index in [-0.39, 0.29) is 15.9 Å². The lowest BCUT2D eigenvalue weighted by Crippen LogP contribution is -2.30. The van der Waals surface area contributed by atoms with Crippen LogP contribution in [-0.4, -0.2) is 46.6 Å². The molecule has 1 amide bonds. The van der Waals surface area contributed by atoms with Gasteiger partial charge in [-0.1, -0.05) is 68.1 Å². The van der Waals surface area contributed by atoms with Crippen molar-refractivity contribution >= 4 is 27.7 Å². The van der Waals surface area contributed by atoms with Crippen molar-refractivity contribution in [2.75, 3.05) is 18.9 Å². The molecule has 164 valence electrons. The fraction of sp³-hybridized carbons (Fsp3) is 0.250. The Morgan fingerprint density at radius 1 is 1.10 bits per heavy atom. The van der Waals surface area contributed by atoms with Crippen LogP contribution in [0.15, 0.2) is 64.6 Å². The van der Waals surface area contributed by atoms with Gasteiger partial charge in [-0.2, -0.15) is 4.31 Å². The van der Waals surface area contributed by atoms with E-state index in [0.717, 1.165) is 17.3 Å². The van der Waals surface area contributed by atoms with Gasteiger partial charge in [0.2, 0.25) is 21.1 Å². The molecule has 2 aromatic carbocycles. The Kier molecular flexibility index (Phi) is 6.98. The van der Waals surface area contributed by atoms with Crippen LogP contribution in [0, 0.1) is 0 Å². The fourth-order valence-corrected chi connectivity index (χ4v) is 5.50. The summed E-state index contributed by atoms with van der Waals surface area (Å²) in [7, 11) is -3.64. The summed E-state index contributed by atoms with van der Waals surface area (Å²) in [4.78, 5) is 12.1. The number of aromatic nitrogens is 3. The van der Waals surface area contributed by atoms with E-state index in [1.165, 1.54) is 21.1 Å². The molecule has 0 saturated carbocycles. The van der Waals surface area contributed by atoms with Crippen molar-refractivity contribution < 1.29 is 13.2 Å². The van der Waals surface area contributed by atoms with Crippen LogP contribution in [0.2, 0.25) is 0 Å². The number of primary amides is 1. The number of carbonyl (C=O) groups is 1. The number of sulfonamides is 1. The van der Waals surface area contributed by atoms with Crippen molar-refractivity contribution in [3.8, 4) is 11.4 Å². The third kappa shape index (κ3) is 4.73. The van der Waals surface area contributed by atoms with E-state index in [9.17, 15) is 13.2 Å². The molecule has 1 unspecified atom stereocenters. The summed E-state index contributed by atoms with van der Waals surface area (Å²) in [5, 5.41) is 7.77. The van der Waals surface area contributed by atoms with Crippen molar-refractivity contribution in [1.82, 2.24) is 19.2 Å². The minimum atomic E-state index is -3.64. The lowest BCUT2D eigenvalue weighted by molar-refractivity contribution is -0.117. The van der Waals surface area contributed by atoms with Crippen LogP contribution in [0.4, 0.5) is 0 Å². The SMILES string of the molecule is CCN(CC)S(=O)(=O)c1cccc(-c2nnc(SC(C(N)=O)c3ccccc3)n2N)c1. The van der Waals surface area contributed by atoms with Gasteiger partial charge in [0, 0.05) is 18.7 Å². The number of rotatable bonds is 9. The van der Waals surface area contributed by atoms with E-state index in [1.807, 2.05) is 18.2 Å². The first-order chi connectivity index (χ1) is 14.8. The summed E-state index contributed by atoms with van der Waals surface area (Å²) in [6.45, 7) is 4.30. The minimum Gasteiger partial charge on any atom is -0.368 e. The molecule has 0 radical (unpaired) electrons.